The number of rotatable bonds is 11. The van der Waals surface area contributed by atoms with Crippen LogP contribution in [-0.4, -0.2) is 35.4 Å². The van der Waals surface area contributed by atoms with E-state index in [1.165, 1.54) is 36.3 Å². The largest absolute Gasteiger partial charge is 0.469 e. The summed E-state index contributed by atoms with van der Waals surface area (Å²) in [7, 11) is 1.37. The summed E-state index contributed by atoms with van der Waals surface area (Å²) in [6.07, 6.45) is 3.67. The molecule has 8 nitrogen and oxygen atoms in total. The predicted molar refractivity (Wildman–Crippen MR) is 112 cm³/mol. The third kappa shape index (κ3) is 7.47. The molecule has 156 valence electrons. The number of thiazole rings is 1. The summed E-state index contributed by atoms with van der Waals surface area (Å²) in [6, 6.07) is 4.47. The van der Waals surface area contributed by atoms with Crippen molar-refractivity contribution in [3.05, 3.63) is 45.0 Å². The molecule has 0 fully saturated rings. The quantitative estimate of drug-likeness (QED) is 0.240. The Morgan fingerprint density at radius 3 is 2.69 bits per heavy atom. The molecule has 0 bridgehead atoms. The molecular formula is C19H23N3O5S2. The highest BCUT2D eigenvalue weighted by Gasteiger charge is 2.19. The van der Waals surface area contributed by atoms with E-state index < -0.39 is 4.92 Å². The van der Waals surface area contributed by atoms with Gasteiger partial charge in [-0.25, -0.2) is 4.98 Å². The van der Waals surface area contributed by atoms with Crippen LogP contribution in [0, 0.1) is 17.0 Å². The zero-order valence-electron chi connectivity index (χ0n) is 16.3. The average molecular weight is 438 g/mol. The smallest absolute Gasteiger partial charge is 0.305 e. The summed E-state index contributed by atoms with van der Waals surface area (Å²) in [6.45, 7) is 2.33. The number of nitrogens with one attached hydrogen (secondary N) is 1. The molecule has 1 amide bonds. The number of carbonyl (C=O) groups is 2. The van der Waals surface area contributed by atoms with E-state index in [1.807, 2.05) is 12.3 Å². The van der Waals surface area contributed by atoms with E-state index in [9.17, 15) is 19.7 Å². The van der Waals surface area contributed by atoms with Crippen molar-refractivity contribution >= 4 is 40.7 Å². The van der Waals surface area contributed by atoms with Gasteiger partial charge in [0.2, 0.25) is 0 Å². The molecule has 2 rings (SSSR count). The van der Waals surface area contributed by atoms with E-state index in [0.717, 1.165) is 35.7 Å². The Kier molecular flexibility index (Phi) is 9.07. The molecule has 10 heteroatoms. The molecule has 29 heavy (non-hydrogen) atoms. The third-order valence-electron chi connectivity index (χ3n) is 4.03. The van der Waals surface area contributed by atoms with E-state index in [1.54, 1.807) is 12.1 Å². The van der Waals surface area contributed by atoms with Gasteiger partial charge in [-0.05, 0) is 31.9 Å². The lowest BCUT2D eigenvalue weighted by molar-refractivity contribution is -0.387. The molecule has 0 aliphatic rings. The maximum absolute atomic E-state index is 12.3. The number of aromatic nitrogens is 1. The SMILES string of the molecule is COC(=O)CCCCCCNC(=O)c1ccc(Sc2nc(C)cs2)c([N+](=O)[O-])c1. The van der Waals surface area contributed by atoms with Gasteiger partial charge in [-0.15, -0.1) is 11.3 Å². The van der Waals surface area contributed by atoms with Crippen LogP contribution in [0.4, 0.5) is 5.69 Å². The molecule has 1 aromatic carbocycles. The van der Waals surface area contributed by atoms with Gasteiger partial charge in [-0.1, -0.05) is 24.6 Å². The van der Waals surface area contributed by atoms with Crippen LogP contribution in [0.1, 0.15) is 48.2 Å². The van der Waals surface area contributed by atoms with Crippen LogP contribution in [0.15, 0.2) is 32.8 Å². The Balaban J connectivity index is 1.86. The van der Waals surface area contributed by atoms with Crippen molar-refractivity contribution in [3.63, 3.8) is 0 Å². The number of nitro groups is 1. The molecular weight excluding hydrogens is 414 g/mol. The fourth-order valence-electron chi connectivity index (χ4n) is 2.51. The standard InChI is InChI=1S/C19H23N3O5S2/c1-13-12-28-19(21-13)29-16-9-8-14(11-15(16)22(25)26)18(24)20-10-6-4-3-5-7-17(23)27-2/h8-9,11-12H,3-7,10H2,1-2H3,(H,20,24). The first-order valence-corrected chi connectivity index (χ1v) is 10.8. The molecule has 2 aromatic rings. The zero-order chi connectivity index (χ0) is 21.2. The number of carbonyl (C=O) groups excluding carboxylic acids is 2. The first-order chi connectivity index (χ1) is 13.9. The summed E-state index contributed by atoms with van der Waals surface area (Å²) in [5.74, 6) is -0.559. The Morgan fingerprint density at radius 1 is 1.28 bits per heavy atom. The number of aryl methyl sites for hydroxylation is 1. The fourth-order valence-corrected chi connectivity index (χ4v) is 4.39. The third-order valence-corrected chi connectivity index (χ3v) is 6.16. The molecule has 0 unspecified atom stereocenters. The first-order valence-electron chi connectivity index (χ1n) is 9.14. The highest BCUT2D eigenvalue weighted by atomic mass is 32.2. The van der Waals surface area contributed by atoms with Gasteiger partial charge >= 0.3 is 5.97 Å². The molecule has 0 radical (unpaired) electrons. The lowest BCUT2D eigenvalue weighted by atomic mass is 10.1. The Morgan fingerprint density at radius 2 is 2.03 bits per heavy atom. The lowest BCUT2D eigenvalue weighted by Crippen LogP contribution is -2.24. The maximum Gasteiger partial charge on any atom is 0.305 e. The number of methoxy groups -OCH3 is 1. The summed E-state index contributed by atoms with van der Waals surface area (Å²) in [5, 5.41) is 16.1. The minimum Gasteiger partial charge on any atom is -0.469 e. The fraction of sp³-hybridized carbons (Fsp3) is 0.421. The van der Waals surface area contributed by atoms with E-state index in [4.69, 9.17) is 0 Å². The minimum absolute atomic E-state index is 0.113. The molecule has 1 N–H and O–H groups in total. The number of ether oxygens (including phenoxy) is 1. The highest BCUT2D eigenvalue weighted by molar-refractivity contribution is 8.01. The van der Waals surface area contributed by atoms with Crippen molar-refractivity contribution in [1.29, 1.82) is 0 Å². The van der Waals surface area contributed by atoms with Crippen LogP contribution in [0.2, 0.25) is 0 Å². The topological polar surface area (TPSA) is 111 Å². The van der Waals surface area contributed by atoms with Crippen LogP contribution < -0.4 is 5.32 Å². The number of nitrogens with zero attached hydrogens (tertiary/aromatic N) is 2. The van der Waals surface area contributed by atoms with E-state index in [2.05, 4.69) is 15.0 Å². The molecule has 0 aliphatic carbocycles. The number of nitro benzene ring substituents is 1. The summed E-state index contributed by atoms with van der Waals surface area (Å²) < 4.78 is 5.30. The summed E-state index contributed by atoms with van der Waals surface area (Å²) in [5.41, 5.74) is 1.00. The van der Waals surface area contributed by atoms with Crippen LogP contribution in [0.3, 0.4) is 0 Å². The summed E-state index contributed by atoms with van der Waals surface area (Å²) >= 11 is 2.64. The van der Waals surface area contributed by atoms with Gasteiger partial charge < -0.3 is 10.1 Å². The van der Waals surface area contributed by atoms with Crippen molar-refractivity contribution in [2.45, 2.75) is 48.3 Å². The van der Waals surface area contributed by atoms with Crippen molar-refractivity contribution < 1.29 is 19.2 Å². The normalized spacial score (nSPS) is 10.6. The highest BCUT2D eigenvalue weighted by Crippen LogP contribution is 2.36. The molecule has 0 aliphatic heterocycles. The predicted octanol–water partition coefficient (Wildman–Crippen LogP) is 4.36. The lowest BCUT2D eigenvalue weighted by Gasteiger charge is -2.07. The van der Waals surface area contributed by atoms with Gasteiger partial charge in [0.1, 0.15) is 0 Å². The van der Waals surface area contributed by atoms with Crippen LogP contribution in [0.5, 0.6) is 0 Å². The number of benzene rings is 1. The van der Waals surface area contributed by atoms with Crippen LogP contribution in [0.25, 0.3) is 0 Å². The molecule has 0 spiro atoms. The van der Waals surface area contributed by atoms with Crippen molar-refractivity contribution in [1.82, 2.24) is 10.3 Å². The second-order valence-electron chi connectivity index (χ2n) is 6.29. The van der Waals surface area contributed by atoms with Gasteiger partial charge in [0.05, 0.1) is 16.9 Å². The Bertz CT molecular complexity index is 869. The monoisotopic (exact) mass is 437 g/mol. The van der Waals surface area contributed by atoms with Gasteiger partial charge in [-0.3, -0.25) is 19.7 Å². The van der Waals surface area contributed by atoms with E-state index >= 15 is 0 Å². The molecule has 0 saturated carbocycles. The van der Waals surface area contributed by atoms with Crippen molar-refractivity contribution in [2.24, 2.45) is 0 Å². The number of esters is 1. The van der Waals surface area contributed by atoms with Crippen LogP contribution >= 0.6 is 23.1 Å². The average Bonchev–Trinajstić information content (AvgIpc) is 3.11. The van der Waals surface area contributed by atoms with Crippen molar-refractivity contribution in [3.8, 4) is 0 Å². The molecule has 0 saturated heterocycles. The number of hydrogen-bond donors (Lipinski definition) is 1. The maximum atomic E-state index is 12.3. The molecule has 0 atom stereocenters. The van der Waals surface area contributed by atoms with Gasteiger partial charge in [0.25, 0.3) is 11.6 Å². The Labute approximate surface area is 177 Å². The second-order valence-corrected chi connectivity index (χ2v) is 8.44. The number of hydrogen-bond acceptors (Lipinski definition) is 8. The minimum atomic E-state index is -0.485. The first kappa shape index (κ1) is 22.8. The van der Waals surface area contributed by atoms with Crippen molar-refractivity contribution in [2.75, 3.05) is 13.7 Å². The van der Waals surface area contributed by atoms with Gasteiger partial charge in [0, 0.05) is 35.7 Å². The van der Waals surface area contributed by atoms with E-state index in [-0.39, 0.29) is 23.1 Å². The van der Waals surface area contributed by atoms with Gasteiger partial charge in [-0.2, -0.15) is 0 Å². The Hall–Kier alpha value is -2.46. The molecule has 1 heterocycles. The summed E-state index contributed by atoms with van der Waals surface area (Å²) in [4.78, 5) is 39.0. The van der Waals surface area contributed by atoms with Gasteiger partial charge in [0.15, 0.2) is 4.34 Å². The zero-order valence-corrected chi connectivity index (χ0v) is 17.9. The number of amides is 1. The van der Waals surface area contributed by atoms with Crippen LogP contribution in [-0.2, 0) is 9.53 Å². The molecule has 1 aromatic heterocycles. The number of unbranched alkanes of at least 4 members (excludes halogenated alkanes) is 3. The second kappa shape index (κ2) is 11.5. The van der Waals surface area contributed by atoms with E-state index in [0.29, 0.717) is 17.9 Å².